The molecule has 158 valence electrons. The van der Waals surface area contributed by atoms with E-state index in [1.165, 1.54) is 5.56 Å². The van der Waals surface area contributed by atoms with Gasteiger partial charge in [-0.25, -0.2) is 4.68 Å². The fraction of sp³-hybridized carbons (Fsp3) is 0.455. The van der Waals surface area contributed by atoms with Crippen molar-refractivity contribution < 1.29 is 4.79 Å². The number of aryl methyl sites for hydroxylation is 1. The number of benzene rings is 1. The Kier molecular flexibility index (Phi) is 5.94. The average Bonchev–Trinajstić information content (AvgIpc) is 3.18. The number of hydrogen-bond donors (Lipinski definition) is 1. The minimum atomic E-state index is -0.0443. The number of rotatable bonds is 6. The maximum Gasteiger partial charge on any atom is 0.224 e. The van der Waals surface area contributed by atoms with E-state index in [1.54, 1.807) is 6.20 Å². The summed E-state index contributed by atoms with van der Waals surface area (Å²) in [5.41, 5.74) is 3.03. The van der Waals surface area contributed by atoms with Gasteiger partial charge in [-0.3, -0.25) is 4.79 Å². The normalized spacial score (nSPS) is 16.9. The maximum absolute atomic E-state index is 12.6. The number of amides is 1. The topological polar surface area (TPSA) is 79.2 Å². The van der Waals surface area contributed by atoms with Crippen LogP contribution in [0.1, 0.15) is 18.4 Å². The summed E-state index contributed by atoms with van der Waals surface area (Å²) in [6.45, 7) is 5.06. The van der Waals surface area contributed by atoms with Crippen LogP contribution in [0.2, 0.25) is 0 Å². The highest BCUT2D eigenvalue weighted by atomic mass is 16.1. The maximum atomic E-state index is 12.6. The zero-order valence-electron chi connectivity index (χ0n) is 17.9. The van der Waals surface area contributed by atoms with Gasteiger partial charge in [-0.15, -0.1) is 5.10 Å². The Morgan fingerprint density at radius 2 is 2.07 bits per heavy atom. The lowest BCUT2D eigenvalue weighted by Gasteiger charge is -2.32. The molecular formula is C22H29N7O. The summed E-state index contributed by atoms with van der Waals surface area (Å²) >= 11 is 0. The first-order valence-corrected chi connectivity index (χ1v) is 10.5. The van der Waals surface area contributed by atoms with Gasteiger partial charge in [-0.1, -0.05) is 17.7 Å². The van der Waals surface area contributed by atoms with Gasteiger partial charge in [0.05, 0.1) is 17.8 Å². The van der Waals surface area contributed by atoms with E-state index in [4.69, 9.17) is 5.10 Å². The number of likely N-dealkylation sites (N-methyl/N-ethyl adjacent to an activating group) is 1. The largest absolute Gasteiger partial charge is 0.355 e. The van der Waals surface area contributed by atoms with Crippen molar-refractivity contribution in [3.8, 4) is 5.69 Å². The van der Waals surface area contributed by atoms with E-state index >= 15 is 0 Å². The smallest absolute Gasteiger partial charge is 0.224 e. The van der Waals surface area contributed by atoms with E-state index in [0.29, 0.717) is 13.1 Å². The van der Waals surface area contributed by atoms with Gasteiger partial charge in [0.2, 0.25) is 5.91 Å². The van der Waals surface area contributed by atoms with Crippen molar-refractivity contribution in [2.24, 2.45) is 5.92 Å². The molecule has 0 unspecified atom stereocenters. The number of hydrogen-bond acceptors (Lipinski definition) is 6. The van der Waals surface area contributed by atoms with E-state index in [-0.39, 0.29) is 11.8 Å². The fourth-order valence-corrected chi connectivity index (χ4v) is 3.82. The van der Waals surface area contributed by atoms with E-state index in [0.717, 1.165) is 48.3 Å². The Morgan fingerprint density at radius 3 is 2.83 bits per heavy atom. The second-order valence-electron chi connectivity index (χ2n) is 8.26. The molecule has 1 fully saturated rings. The van der Waals surface area contributed by atoms with E-state index in [9.17, 15) is 4.79 Å². The van der Waals surface area contributed by atoms with Crippen molar-refractivity contribution in [3.63, 3.8) is 0 Å². The van der Waals surface area contributed by atoms with Gasteiger partial charge >= 0.3 is 0 Å². The first-order chi connectivity index (χ1) is 14.5. The summed E-state index contributed by atoms with van der Waals surface area (Å²) in [5, 5.41) is 17.4. The van der Waals surface area contributed by atoms with Crippen molar-refractivity contribution in [2.45, 2.75) is 19.8 Å². The number of carbonyl (C=O) groups is 1. The van der Waals surface area contributed by atoms with E-state index in [2.05, 4.69) is 56.5 Å². The molecule has 1 amide bonds. The van der Waals surface area contributed by atoms with E-state index < -0.39 is 0 Å². The molecule has 1 aromatic carbocycles. The molecule has 30 heavy (non-hydrogen) atoms. The van der Waals surface area contributed by atoms with Crippen molar-refractivity contribution in [3.05, 3.63) is 42.2 Å². The van der Waals surface area contributed by atoms with Gasteiger partial charge in [0.15, 0.2) is 5.82 Å². The quantitative estimate of drug-likeness (QED) is 0.674. The van der Waals surface area contributed by atoms with Gasteiger partial charge in [0, 0.05) is 37.8 Å². The summed E-state index contributed by atoms with van der Waals surface area (Å²) in [4.78, 5) is 16.8. The third-order valence-electron chi connectivity index (χ3n) is 5.55. The monoisotopic (exact) mass is 407 g/mol. The van der Waals surface area contributed by atoms with Crippen LogP contribution in [-0.2, 0) is 4.79 Å². The summed E-state index contributed by atoms with van der Waals surface area (Å²) in [6.07, 6.45) is 5.56. The summed E-state index contributed by atoms with van der Waals surface area (Å²) in [5.74, 6) is 0.827. The zero-order chi connectivity index (χ0) is 21.1. The highest BCUT2D eigenvalue weighted by Gasteiger charge is 2.28. The zero-order valence-corrected chi connectivity index (χ0v) is 17.9. The molecule has 1 atom stereocenters. The van der Waals surface area contributed by atoms with Crippen LogP contribution in [0.3, 0.4) is 0 Å². The number of aromatic nitrogens is 4. The number of anilines is 1. The first kappa shape index (κ1) is 20.3. The molecule has 3 aromatic rings. The van der Waals surface area contributed by atoms with Crippen molar-refractivity contribution in [1.29, 1.82) is 0 Å². The van der Waals surface area contributed by atoms with Crippen molar-refractivity contribution >= 4 is 22.6 Å². The lowest BCUT2D eigenvalue weighted by molar-refractivity contribution is -0.125. The summed E-state index contributed by atoms with van der Waals surface area (Å²) < 4.78 is 1.87. The number of carbonyl (C=O) groups excluding carboxylic acids is 1. The number of piperidine rings is 1. The predicted octanol–water partition coefficient (Wildman–Crippen LogP) is 2.02. The van der Waals surface area contributed by atoms with E-state index in [1.807, 2.05) is 25.0 Å². The second kappa shape index (κ2) is 8.79. The Balaban J connectivity index is 1.53. The third-order valence-corrected chi connectivity index (χ3v) is 5.55. The second-order valence-corrected chi connectivity index (χ2v) is 8.26. The molecule has 0 saturated carbocycles. The predicted molar refractivity (Wildman–Crippen MR) is 118 cm³/mol. The SMILES string of the molecule is Cc1ccc(-n2cc3cnnc(N4CCC[C@@H](C(=O)NCCN(C)C)C4)c3n2)cc1. The molecular weight excluding hydrogens is 378 g/mol. The highest BCUT2D eigenvalue weighted by Crippen LogP contribution is 2.27. The van der Waals surface area contributed by atoms with Crippen LogP contribution in [-0.4, -0.2) is 71.1 Å². The lowest BCUT2D eigenvalue weighted by Crippen LogP contribution is -2.44. The van der Waals surface area contributed by atoms with Crippen molar-refractivity contribution in [1.82, 2.24) is 30.2 Å². The lowest BCUT2D eigenvalue weighted by atomic mass is 9.97. The van der Waals surface area contributed by atoms with Gasteiger partial charge in [0.1, 0.15) is 5.52 Å². The molecule has 8 heteroatoms. The molecule has 1 aliphatic rings. The number of nitrogens with zero attached hydrogens (tertiary/aromatic N) is 6. The minimum absolute atomic E-state index is 0.0443. The van der Waals surface area contributed by atoms with Crippen LogP contribution in [0.25, 0.3) is 16.6 Å². The third kappa shape index (κ3) is 4.43. The van der Waals surface area contributed by atoms with Crippen LogP contribution >= 0.6 is 0 Å². The molecule has 3 heterocycles. The molecule has 0 radical (unpaired) electrons. The molecule has 1 N–H and O–H groups in total. The van der Waals surface area contributed by atoms with Crippen LogP contribution < -0.4 is 10.2 Å². The standard InChI is InChI=1S/C22H29N7O/c1-16-6-8-19(9-7-16)29-15-18-13-24-25-21(20(18)26-29)28-11-4-5-17(14-28)22(30)23-10-12-27(2)3/h6-9,13,15,17H,4-5,10-12,14H2,1-3H3,(H,23,30)/t17-/m1/s1. The first-order valence-electron chi connectivity index (χ1n) is 10.5. The molecule has 4 rings (SSSR count). The molecule has 1 aliphatic heterocycles. The fourth-order valence-electron chi connectivity index (χ4n) is 3.82. The van der Waals surface area contributed by atoms with Crippen LogP contribution in [0.15, 0.2) is 36.7 Å². The Hall–Kier alpha value is -3.00. The number of fused-ring (bicyclic) bond motifs is 1. The Bertz CT molecular complexity index is 1010. The van der Waals surface area contributed by atoms with Gasteiger partial charge < -0.3 is 15.1 Å². The van der Waals surface area contributed by atoms with Crippen LogP contribution in [0, 0.1) is 12.8 Å². The highest BCUT2D eigenvalue weighted by molar-refractivity contribution is 5.88. The van der Waals surface area contributed by atoms with Gasteiger partial charge in [-0.2, -0.15) is 10.2 Å². The molecule has 0 bridgehead atoms. The summed E-state index contributed by atoms with van der Waals surface area (Å²) in [7, 11) is 4.01. The van der Waals surface area contributed by atoms with Crippen LogP contribution in [0.5, 0.6) is 0 Å². The molecule has 1 saturated heterocycles. The molecule has 8 nitrogen and oxygen atoms in total. The molecule has 0 spiro atoms. The summed E-state index contributed by atoms with van der Waals surface area (Å²) in [6, 6.07) is 8.25. The molecule has 0 aliphatic carbocycles. The Morgan fingerprint density at radius 1 is 1.27 bits per heavy atom. The van der Waals surface area contributed by atoms with Gasteiger partial charge in [0.25, 0.3) is 0 Å². The Labute approximate surface area is 176 Å². The van der Waals surface area contributed by atoms with Crippen molar-refractivity contribution in [2.75, 3.05) is 45.2 Å². The number of nitrogens with one attached hydrogen (secondary N) is 1. The molecule has 2 aromatic heterocycles. The minimum Gasteiger partial charge on any atom is -0.355 e. The average molecular weight is 408 g/mol. The van der Waals surface area contributed by atoms with Gasteiger partial charge in [-0.05, 0) is 46.0 Å². The van der Waals surface area contributed by atoms with Crippen LogP contribution in [0.4, 0.5) is 5.82 Å².